The van der Waals surface area contributed by atoms with Crippen LogP contribution in [-0.2, 0) is 10.2 Å². The molecule has 0 heterocycles. The summed E-state index contributed by atoms with van der Waals surface area (Å²) in [5.41, 5.74) is 0. The Morgan fingerprint density at radius 2 is 1.73 bits per heavy atom. The summed E-state index contributed by atoms with van der Waals surface area (Å²) in [6.07, 6.45) is 1.57. The van der Waals surface area contributed by atoms with Crippen LogP contribution in [0.4, 0.5) is 0 Å². The van der Waals surface area contributed by atoms with Crippen molar-refractivity contribution >= 4 is 10.2 Å². The summed E-state index contributed by atoms with van der Waals surface area (Å²) in [5, 5.41) is 8.79. The molecule has 92 valence electrons. The Morgan fingerprint density at radius 1 is 1.27 bits per heavy atom. The van der Waals surface area contributed by atoms with Crippen molar-refractivity contribution in [2.24, 2.45) is 0 Å². The fourth-order valence-corrected chi connectivity index (χ4v) is 2.79. The van der Waals surface area contributed by atoms with Gasteiger partial charge in [0.05, 0.1) is 6.61 Å². The second kappa shape index (κ2) is 7.16. The highest BCUT2D eigenvalue weighted by Crippen LogP contribution is 2.02. The van der Waals surface area contributed by atoms with Crippen molar-refractivity contribution in [3.05, 3.63) is 0 Å². The zero-order valence-corrected chi connectivity index (χ0v) is 10.5. The SMILES string of the molecule is CCCN(CCC)S(=O)(=O)N[C@H](C)CO. The molecule has 0 rings (SSSR count). The second-order valence-electron chi connectivity index (χ2n) is 3.61. The van der Waals surface area contributed by atoms with E-state index in [9.17, 15) is 8.42 Å². The molecule has 0 amide bonds. The minimum Gasteiger partial charge on any atom is -0.395 e. The first kappa shape index (κ1) is 14.8. The second-order valence-corrected chi connectivity index (χ2v) is 5.31. The predicted molar refractivity (Wildman–Crippen MR) is 60.8 cm³/mol. The van der Waals surface area contributed by atoms with E-state index in [2.05, 4.69) is 4.72 Å². The Labute approximate surface area is 92.7 Å². The number of nitrogens with zero attached hydrogens (tertiary/aromatic N) is 1. The lowest BCUT2D eigenvalue weighted by atomic mass is 10.4. The van der Waals surface area contributed by atoms with Crippen LogP contribution in [0.25, 0.3) is 0 Å². The van der Waals surface area contributed by atoms with E-state index < -0.39 is 16.3 Å². The normalized spacial score (nSPS) is 14.5. The van der Waals surface area contributed by atoms with Gasteiger partial charge in [-0.2, -0.15) is 17.4 Å². The van der Waals surface area contributed by atoms with E-state index >= 15 is 0 Å². The molecule has 0 aliphatic rings. The first-order chi connectivity index (χ1) is 6.97. The van der Waals surface area contributed by atoms with Crippen molar-refractivity contribution in [3.8, 4) is 0 Å². The molecule has 0 saturated carbocycles. The fourth-order valence-electron chi connectivity index (χ4n) is 1.22. The zero-order chi connectivity index (χ0) is 11.9. The van der Waals surface area contributed by atoms with E-state index in [4.69, 9.17) is 5.11 Å². The molecule has 15 heavy (non-hydrogen) atoms. The minimum atomic E-state index is -3.43. The van der Waals surface area contributed by atoms with Gasteiger partial charge in [0.15, 0.2) is 0 Å². The van der Waals surface area contributed by atoms with Crippen LogP contribution in [0.15, 0.2) is 0 Å². The standard InChI is InChI=1S/C9H22N2O3S/c1-4-6-11(7-5-2)15(13,14)10-9(3)8-12/h9-10,12H,4-8H2,1-3H3/t9-/m1/s1. The van der Waals surface area contributed by atoms with Gasteiger partial charge in [-0.05, 0) is 19.8 Å². The molecule has 0 spiro atoms. The lowest BCUT2D eigenvalue weighted by Gasteiger charge is -2.23. The highest BCUT2D eigenvalue weighted by Gasteiger charge is 2.21. The first-order valence-corrected chi connectivity index (χ1v) is 6.80. The Balaban J connectivity index is 4.48. The van der Waals surface area contributed by atoms with Gasteiger partial charge in [0.2, 0.25) is 0 Å². The van der Waals surface area contributed by atoms with Gasteiger partial charge < -0.3 is 5.11 Å². The average molecular weight is 238 g/mol. The summed E-state index contributed by atoms with van der Waals surface area (Å²) in [6.45, 7) is 6.35. The van der Waals surface area contributed by atoms with Gasteiger partial charge in [0.25, 0.3) is 10.2 Å². The molecule has 0 aliphatic carbocycles. The Kier molecular flexibility index (Phi) is 7.08. The Bertz CT molecular complexity index is 248. The van der Waals surface area contributed by atoms with Crippen molar-refractivity contribution in [2.45, 2.75) is 39.7 Å². The van der Waals surface area contributed by atoms with Gasteiger partial charge in [-0.25, -0.2) is 0 Å². The Morgan fingerprint density at radius 3 is 2.07 bits per heavy atom. The van der Waals surface area contributed by atoms with Gasteiger partial charge in [-0.3, -0.25) is 0 Å². The summed E-state index contributed by atoms with van der Waals surface area (Å²) >= 11 is 0. The van der Waals surface area contributed by atoms with Crippen molar-refractivity contribution in [1.29, 1.82) is 0 Å². The predicted octanol–water partition coefficient (Wildman–Crippen LogP) is 0.324. The maximum absolute atomic E-state index is 11.8. The number of aliphatic hydroxyl groups is 1. The average Bonchev–Trinajstić information content (AvgIpc) is 2.16. The molecular weight excluding hydrogens is 216 g/mol. The van der Waals surface area contributed by atoms with Gasteiger partial charge in [-0.15, -0.1) is 0 Å². The van der Waals surface area contributed by atoms with Gasteiger partial charge in [0, 0.05) is 19.1 Å². The van der Waals surface area contributed by atoms with Crippen LogP contribution in [0.3, 0.4) is 0 Å². The third kappa shape index (κ3) is 5.46. The highest BCUT2D eigenvalue weighted by atomic mass is 32.2. The third-order valence-electron chi connectivity index (χ3n) is 1.91. The molecule has 0 aromatic heterocycles. The van der Waals surface area contributed by atoms with Crippen LogP contribution in [0.2, 0.25) is 0 Å². The maximum Gasteiger partial charge on any atom is 0.279 e. The molecule has 0 radical (unpaired) electrons. The van der Waals surface area contributed by atoms with E-state index in [1.54, 1.807) is 6.92 Å². The van der Waals surface area contributed by atoms with Crippen LogP contribution < -0.4 is 4.72 Å². The molecule has 5 nitrogen and oxygen atoms in total. The maximum atomic E-state index is 11.8. The summed E-state index contributed by atoms with van der Waals surface area (Å²) in [4.78, 5) is 0. The summed E-state index contributed by atoms with van der Waals surface area (Å²) < 4.78 is 27.4. The van der Waals surface area contributed by atoms with Crippen molar-refractivity contribution in [1.82, 2.24) is 9.03 Å². The van der Waals surface area contributed by atoms with Crippen molar-refractivity contribution < 1.29 is 13.5 Å². The lowest BCUT2D eigenvalue weighted by Crippen LogP contribution is -2.46. The molecule has 0 fully saturated rings. The summed E-state index contributed by atoms with van der Waals surface area (Å²) in [6, 6.07) is -0.439. The van der Waals surface area contributed by atoms with Crippen LogP contribution >= 0.6 is 0 Å². The van der Waals surface area contributed by atoms with E-state index in [1.165, 1.54) is 4.31 Å². The molecule has 1 atom stereocenters. The molecule has 0 aromatic carbocycles. The number of hydrogen-bond acceptors (Lipinski definition) is 3. The molecule has 2 N–H and O–H groups in total. The molecule has 0 aliphatic heterocycles. The molecule has 6 heteroatoms. The topological polar surface area (TPSA) is 69.6 Å². The van der Waals surface area contributed by atoms with Crippen molar-refractivity contribution in [3.63, 3.8) is 0 Å². The molecule has 0 bridgehead atoms. The smallest absolute Gasteiger partial charge is 0.279 e. The first-order valence-electron chi connectivity index (χ1n) is 5.36. The lowest BCUT2D eigenvalue weighted by molar-refractivity contribution is 0.262. The number of nitrogens with one attached hydrogen (secondary N) is 1. The van der Waals surface area contributed by atoms with Gasteiger partial charge in [-0.1, -0.05) is 13.8 Å². The van der Waals surface area contributed by atoms with E-state index in [0.717, 1.165) is 12.8 Å². The Hall–Kier alpha value is -0.170. The number of hydrogen-bond donors (Lipinski definition) is 2. The molecule has 0 saturated heterocycles. The van der Waals surface area contributed by atoms with Crippen LogP contribution in [0.5, 0.6) is 0 Å². The van der Waals surface area contributed by atoms with E-state index in [1.807, 2.05) is 13.8 Å². The van der Waals surface area contributed by atoms with E-state index in [-0.39, 0.29) is 6.61 Å². The summed E-state index contributed by atoms with van der Waals surface area (Å²) in [5.74, 6) is 0. The largest absolute Gasteiger partial charge is 0.395 e. The van der Waals surface area contributed by atoms with Crippen LogP contribution in [-0.4, -0.2) is 43.6 Å². The monoisotopic (exact) mass is 238 g/mol. The highest BCUT2D eigenvalue weighted by molar-refractivity contribution is 7.87. The number of rotatable bonds is 8. The van der Waals surface area contributed by atoms with E-state index in [0.29, 0.717) is 13.1 Å². The summed E-state index contributed by atoms with van der Waals surface area (Å²) in [7, 11) is -3.43. The van der Waals surface area contributed by atoms with Crippen LogP contribution in [0.1, 0.15) is 33.6 Å². The molecular formula is C9H22N2O3S. The number of aliphatic hydroxyl groups excluding tert-OH is 1. The minimum absolute atomic E-state index is 0.189. The molecule has 0 aromatic rings. The quantitative estimate of drug-likeness (QED) is 0.640. The van der Waals surface area contributed by atoms with Gasteiger partial charge in [0.1, 0.15) is 0 Å². The van der Waals surface area contributed by atoms with Crippen LogP contribution in [0, 0.1) is 0 Å². The van der Waals surface area contributed by atoms with Gasteiger partial charge >= 0.3 is 0 Å². The fraction of sp³-hybridized carbons (Fsp3) is 1.00. The van der Waals surface area contributed by atoms with Crippen molar-refractivity contribution in [2.75, 3.05) is 19.7 Å². The zero-order valence-electron chi connectivity index (χ0n) is 9.73. The molecule has 0 unspecified atom stereocenters. The third-order valence-corrected chi connectivity index (χ3v) is 3.66.